The lowest BCUT2D eigenvalue weighted by molar-refractivity contribution is 0.122. The van der Waals surface area contributed by atoms with Crippen molar-refractivity contribution in [2.24, 2.45) is 0 Å². The molecule has 170 valence electrons. The van der Waals surface area contributed by atoms with Crippen LogP contribution in [0.2, 0.25) is 0 Å². The monoisotopic (exact) mass is 456 g/mol. The van der Waals surface area contributed by atoms with Crippen LogP contribution < -0.4 is 4.74 Å². The fourth-order valence-corrected chi connectivity index (χ4v) is 4.36. The molecule has 5 aromatic carbocycles. The van der Waals surface area contributed by atoms with Crippen molar-refractivity contribution in [1.29, 1.82) is 0 Å². The zero-order chi connectivity index (χ0) is 24.0. The van der Waals surface area contributed by atoms with Gasteiger partial charge in [0.2, 0.25) is 0 Å². The van der Waals surface area contributed by atoms with Gasteiger partial charge in [0, 0.05) is 11.1 Å². The lowest BCUT2D eigenvalue weighted by Crippen LogP contribution is -2.10. The van der Waals surface area contributed by atoms with E-state index in [4.69, 9.17) is 9.47 Å². The molecule has 0 bridgehead atoms. The van der Waals surface area contributed by atoms with Gasteiger partial charge in [-0.05, 0) is 39.4 Å². The lowest BCUT2D eigenvalue weighted by Gasteiger charge is -2.22. The Morgan fingerprint density at radius 1 is 0.514 bits per heavy atom. The van der Waals surface area contributed by atoms with Gasteiger partial charge in [0.1, 0.15) is 0 Å². The molecule has 0 amide bonds. The van der Waals surface area contributed by atoms with Crippen molar-refractivity contribution in [2.75, 3.05) is 7.11 Å². The van der Waals surface area contributed by atoms with Crippen LogP contribution in [-0.2, 0) is 4.74 Å². The Balaban J connectivity index is 1.96. The molecule has 0 saturated heterocycles. The van der Waals surface area contributed by atoms with Crippen LogP contribution in [0.4, 0.5) is 4.79 Å². The average molecular weight is 457 g/mol. The van der Waals surface area contributed by atoms with E-state index >= 15 is 0 Å². The van der Waals surface area contributed by atoms with Crippen LogP contribution in [0, 0.1) is 0 Å². The normalized spacial score (nSPS) is 10.5. The summed E-state index contributed by atoms with van der Waals surface area (Å²) in [5.74, 6) is 0.467. The van der Waals surface area contributed by atoms with E-state index < -0.39 is 6.16 Å². The third-order valence-electron chi connectivity index (χ3n) is 5.93. The van der Waals surface area contributed by atoms with Crippen molar-refractivity contribution in [3.63, 3.8) is 0 Å². The number of hydrogen-bond donors (Lipinski definition) is 0. The molecule has 0 atom stereocenters. The van der Waals surface area contributed by atoms with E-state index in [9.17, 15) is 4.79 Å². The number of carbonyl (C=O) groups is 1. The molecule has 0 spiro atoms. The van der Waals surface area contributed by atoms with Crippen LogP contribution in [0.5, 0.6) is 5.75 Å². The second-order valence-electron chi connectivity index (χ2n) is 8.07. The van der Waals surface area contributed by atoms with Crippen LogP contribution in [-0.4, -0.2) is 13.3 Å². The first-order valence-corrected chi connectivity index (χ1v) is 11.4. The quantitative estimate of drug-likeness (QED) is 0.196. The Morgan fingerprint density at radius 2 is 0.857 bits per heavy atom. The summed E-state index contributed by atoms with van der Waals surface area (Å²) in [6.07, 6.45) is -0.761. The maximum atomic E-state index is 12.6. The number of methoxy groups -OCH3 is 1. The van der Waals surface area contributed by atoms with E-state index in [0.29, 0.717) is 5.75 Å². The van der Waals surface area contributed by atoms with Gasteiger partial charge < -0.3 is 9.47 Å². The van der Waals surface area contributed by atoms with Gasteiger partial charge in [-0.3, -0.25) is 0 Å². The first-order chi connectivity index (χ1) is 17.3. The average Bonchev–Trinajstić information content (AvgIpc) is 2.94. The molecule has 5 rings (SSSR count). The van der Waals surface area contributed by atoms with Gasteiger partial charge in [0.15, 0.2) is 5.75 Å². The summed E-state index contributed by atoms with van der Waals surface area (Å²) < 4.78 is 11.0. The Morgan fingerprint density at radius 3 is 1.20 bits per heavy atom. The first-order valence-electron chi connectivity index (χ1n) is 11.4. The van der Waals surface area contributed by atoms with Crippen LogP contribution >= 0.6 is 0 Å². The Labute approximate surface area is 205 Å². The largest absolute Gasteiger partial charge is 0.513 e. The summed E-state index contributed by atoms with van der Waals surface area (Å²) in [6.45, 7) is 0. The minimum absolute atomic E-state index is 0.467. The summed E-state index contributed by atoms with van der Waals surface area (Å²) >= 11 is 0. The van der Waals surface area contributed by atoms with Crippen LogP contribution in [0.3, 0.4) is 0 Å². The zero-order valence-electron chi connectivity index (χ0n) is 19.3. The second kappa shape index (κ2) is 10.1. The van der Waals surface area contributed by atoms with Crippen molar-refractivity contribution >= 4 is 6.16 Å². The van der Waals surface area contributed by atoms with Crippen LogP contribution in [0.1, 0.15) is 0 Å². The van der Waals surface area contributed by atoms with Crippen molar-refractivity contribution in [1.82, 2.24) is 0 Å². The molecule has 0 aliphatic rings. The highest BCUT2D eigenvalue weighted by Gasteiger charge is 2.25. The van der Waals surface area contributed by atoms with E-state index in [0.717, 1.165) is 44.5 Å². The summed E-state index contributed by atoms with van der Waals surface area (Å²) in [7, 11) is 1.33. The van der Waals surface area contributed by atoms with E-state index in [2.05, 4.69) is 30.3 Å². The van der Waals surface area contributed by atoms with E-state index in [-0.39, 0.29) is 0 Å². The summed E-state index contributed by atoms with van der Waals surface area (Å²) in [6, 6.07) is 42.5. The topological polar surface area (TPSA) is 35.5 Å². The fourth-order valence-electron chi connectivity index (χ4n) is 4.36. The van der Waals surface area contributed by atoms with Crippen molar-refractivity contribution in [3.05, 3.63) is 127 Å². The van der Waals surface area contributed by atoms with Crippen molar-refractivity contribution < 1.29 is 14.3 Å². The third kappa shape index (κ3) is 4.57. The molecule has 3 heteroatoms. The van der Waals surface area contributed by atoms with Gasteiger partial charge in [-0.2, -0.15) is 0 Å². The molecule has 0 aliphatic heterocycles. The maximum absolute atomic E-state index is 12.6. The minimum atomic E-state index is -0.761. The fraction of sp³-hybridized carbons (Fsp3) is 0.0312. The summed E-state index contributed by atoms with van der Waals surface area (Å²) in [4.78, 5) is 12.6. The third-order valence-corrected chi connectivity index (χ3v) is 5.93. The van der Waals surface area contributed by atoms with Crippen molar-refractivity contribution in [2.45, 2.75) is 0 Å². The molecular weight excluding hydrogens is 432 g/mol. The van der Waals surface area contributed by atoms with E-state index in [1.165, 1.54) is 7.11 Å². The van der Waals surface area contributed by atoms with Gasteiger partial charge in [-0.25, -0.2) is 4.79 Å². The first kappa shape index (κ1) is 22.2. The molecule has 35 heavy (non-hydrogen) atoms. The van der Waals surface area contributed by atoms with E-state index in [1.807, 2.05) is 97.1 Å². The highest BCUT2D eigenvalue weighted by Crippen LogP contribution is 2.50. The molecule has 3 nitrogen and oxygen atoms in total. The minimum Gasteiger partial charge on any atom is -0.437 e. The van der Waals surface area contributed by atoms with Gasteiger partial charge in [-0.15, -0.1) is 0 Å². The number of benzene rings is 5. The Bertz CT molecular complexity index is 1330. The molecule has 0 fully saturated rings. The second-order valence-corrected chi connectivity index (χ2v) is 8.07. The van der Waals surface area contributed by atoms with Crippen LogP contribution in [0.25, 0.3) is 44.5 Å². The van der Waals surface area contributed by atoms with Crippen molar-refractivity contribution in [3.8, 4) is 50.3 Å². The predicted molar refractivity (Wildman–Crippen MR) is 141 cm³/mol. The van der Waals surface area contributed by atoms with Gasteiger partial charge in [0.25, 0.3) is 0 Å². The summed E-state index contributed by atoms with van der Waals surface area (Å²) in [5, 5.41) is 0. The molecule has 0 N–H and O–H groups in total. The highest BCUT2D eigenvalue weighted by atomic mass is 16.7. The van der Waals surface area contributed by atoms with Gasteiger partial charge >= 0.3 is 6.16 Å². The number of hydrogen-bond acceptors (Lipinski definition) is 3. The number of ether oxygens (including phenoxy) is 2. The SMILES string of the molecule is COC(=O)Oc1c(-c2ccccc2)c(-c2ccccc2)cc(-c2ccccc2)c1-c1ccccc1. The highest BCUT2D eigenvalue weighted by molar-refractivity contribution is 6.01. The summed E-state index contributed by atoms with van der Waals surface area (Å²) in [5.41, 5.74) is 7.55. The van der Waals surface area contributed by atoms with Gasteiger partial charge in [0.05, 0.1) is 7.11 Å². The smallest absolute Gasteiger partial charge is 0.437 e. The molecule has 0 aromatic heterocycles. The number of rotatable bonds is 5. The number of carbonyl (C=O) groups excluding carboxylic acids is 1. The lowest BCUT2D eigenvalue weighted by atomic mass is 9.84. The molecule has 0 heterocycles. The van der Waals surface area contributed by atoms with Crippen LogP contribution in [0.15, 0.2) is 127 Å². The Hall–Kier alpha value is -4.63. The van der Waals surface area contributed by atoms with Gasteiger partial charge in [-0.1, -0.05) is 121 Å². The molecule has 0 aliphatic carbocycles. The Kier molecular flexibility index (Phi) is 6.40. The molecule has 0 radical (unpaired) electrons. The molecule has 0 saturated carbocycles. The predicted octanol–water partition coefficient (Wildman–Crippen LogP) is 8.50. The molecular formula is C32H24O3. The van der Waals surface area contributed by atoms with E-state index in [1.54, 1.807) is 0 Å². The zero-order valence-corrected chi connectivity index (χ0v) is 19.3. The molecule has 0 unspecified atom stereocenters. The maximum Gasteiger partial charge on any atom is 0.513 e. The standard InChI is InChI=1S/C32H24O3/c1-34-32(33)35-31-29(25-18-10-4-11-19-25)27(23-14-6-2-7-15-23)22-28(24-16-8-3-9-17-24)30(31)26-20-12-5-13-21-26/h2-22H,1H3. The molecule has 5 aromatic rings.